The van der Waals surface area contributed by atoms with E-state index >= 15 is 0 Å². The Labute approximate surface area is 169 Å². The molecule has 1 aliphatic carbocycles. The third-order valence-electron chi connectivity index (χ3n) is 6.09. The van der Waals surface area contributed by atoms with E-state index < -0.39 is 12.1 Å². The molecule has 1 saturated carbocycles. The van der Waals surface area contributed by atoms with Gasteiger partial charge in [-0.1, -0.05) is 69.7 Å². The lowest BCUT2D eigenvalue weighted by Gasteiger charge is -2.20. The third-order valence-corrected chi connectivity index (χ3v) is 6.09. The highest BCUT2D eigenvalue weighted by Gasteiger charge is 2.34. The molecular weight excluding hydrogens is 352 g/mol. The fourth-order valence-electron chi connectivity index (χ4n) is 4.38. The van der Waals surface area contributed by atoms with E-state index in [0.29, 0.717) is 12.2 Å². The lowest BCUT2D eigenvalue weighted by atomic mass is 9.84. The standard InChI is InChI=1S/C24H36O4/c1-2-3-6-10-22(25)19-14-12-18(13-15-19)20-16-17-23(26)21(20)9-7-4-5-8-11-24(27)28/h12-15,20-22,25H,2-11,16-17H2,1H3,(H,27,28)/t20-,21-,22+/m1/s1. The summed E-state index contributed by atoms with van der Waals surface area (Å²) in [5.74, 6) is 0.0294. The Morgan fingerprint density at radius 2 is 1.79 bits per heavy atom. The predicted octanol–water partition coefficient (Wildman–Crippen LogP) is 5.79. The number of carbonyl (C=O) groups excluding carboxylic acids is 1. The van der Waals surface area contributed by atoms with E-state index in [4.69, 9.17) is 5.11 Å². The molecular formula is C24H36O4. The summed E-state index contributed by atoms with van der Waals surface area (Å²) in [5.41, 5.74) is 2.19. The molecule has 0 unspecified atom stereocenters. The van der Waals surface area contributed by atoms with E-state index in [1.807, 2.05) is 12.1 Å². The number of unbranched alkanes of at least 4 members (excludes halogenated alkanes) is 5. The van der Waals surface area contributed by atoms with E-state index in [-0.39, 0.29) is 18.3 Å². The van der Waals surface area contributed by atoms with Gasteiger partial charge in [-0.15, -0.1) is 0 Å². The molecule has 2 rings (SSSR count). The topological polar surface area (TPSA) is 74.6 Å². The van der Waals surface area contributed by atoms with Gasteiger partial charge in [-0.2, -0.15) is 0 Å². The largest absolute Gasteiger partial charge is 0.481 e. The number of aliphatic hydroxyl groups excluding tert-OH is 1. The summed E-state index contributed by atoms with van der Waals surface area (Å²) < 4.78 is 0. The van der Waals surface area contributed by atoms with Gasteiger partial charge < -0.3 is 10.2 Å². The number of hydrogen-bond acceptors (Lipinski definition) is 3. The van der Waals surface area contributed by atoms with Crippen molar-refractivity contribution in [3.63, 3.8) is 0 Å². The zero-order chi connectivity index (χ0) is 20.4. The van der Waals surface area contributed by atoms with Crippen molar-refractivity contribution >= 4 is 11.8 Å². The smallest absolute Gasteiger partial charge is 0.303 e. The van der Waals surface area contributed by atoms with Crippen molar-refractivity contribution in [2.75, 3.05) is 0 Å². The summed E-state index contributed by atoms with van der Waals surface area (Å²) >= 11 is 0. The maximum Gasteiger partial charge on any atom is 0.303 e. The Kier molecular flexibility index (Phi) is 9.69. The number of Topliss-reactive ketones (excluding diaryl/α,β-unsaturated/α-hetero) is 1. The Balaban J connectivity index is 1.84. The second-order valence-corrected chi connectivity index (χ2v) is 8.24. The molecule has 0 radical (unpaired) electrons. The monoisotopic (exact) mass is 388 g/mol. The quantitative estimate of drug-likeness (QED) is 0.420. The SMILES string of the molecule is CCCCC[C@H](O)c1ccc([C@H]2CCC(=O)[C@@H]2CCCCCCC(=O)O)cc1. The molecule has 4 heteroatoms. The summed E-state index contributed by atoms with van der Waals surface area (Å²) in [4.78, 5) is 22.9. The van der Waals surface area contributed by atoms with Gasteiger partial charge in [0, 0.05) is 18.8 Å². The van der Waals surface area contributed by atoms with E-state index in [0.717, 1.165) is 69.8 Å². The molecule has 28 heavy (non-hydrogen) atoms. The van der Waals surface area contributed by atoms with Crippen molar-refractivity contribution in [1.82, 2.24) is 0 Å². The van der Waals surface area contributed by atoms with Gasteiger partial charge in [0.25, 0.3) is 0 Å². The predicted molar refractivity (Wildman–Crippen MR) is 111 cm³/mol. The summed E-state index contributed by atoms with van der Waals surface area (Å²) in [6.07, 6.45) is 10.1. The fourth-order valence-corrected chi connectivity index (χ4v) is 4.38. The average Bonchev–Trinajstić information content (AvgIpc) is 3.05. The number of aliphatic hydroxyl groups is 1. The Hall–Kier alpha value is -1.68. The van der Waals surface area contributed by atoms with Crippen LogP contribution in [0.15, 0.2) is 24.3 Å². The van der Waals surface area contributed by atoms with Crippen LogP contribution in [-0.4, -0.2) is 22.0 Å². The van der Waals surface area contributed by atoms with Gasteiger partial charge in [-0.25, -0.2) is 0 Å². The van der Waals surface area contributed by atoms with Crippen LogP contribution in [0.25, 0.3) is 0 Å². The summed E-state index contributed by atoms with van der Waals surface area (Å²) in [7, 11) is 0. The minimum Gasteiger partial charge on any atom is -0.481 e. The van der Waals surface area contributed by atoms with E-state index in [1.165, 1.54) is 5.56 Å². The molecule has 156 valence electrons. The van der Waals surface area contributed by atoms with Gasteiger partial charge in [-0.3, -0.25) is 9.59 Å². The Bertz CT molecular complexity index is 608. The van der Waals surface area contributed by atoms with Gasteiger partial charge in [0.05, 0.1) is 6.10 Å². The van der Waals surface area contributed by atoms with Gasteiger partial charge in [-0.05, 0) is 42.7 Å². The highest BCUT2D eigenvalue weighted by Crippen LogP contribution is 2.40. The summed E-state index contributed by atoms with van der Waals surface area (Å²) in [6.45, 7) is 2.16. The van der Waals surface area contributed by atoms with Crippen LogP contribution in [0.1, 0.15) is 107 Å². The van der Waals surface area contributed by atoms with Crippen molar-refractivity contribution in [3.05, 3.63) is 35.4 Å². The maximum atomic E-state index is 12.4. The van der Waals surface area contributed by atoms with Gasteiger partial charge in [0.2, 0.25) is 0 Å². The first-order valence-electron chi connectivity index (χ1n) is 11.0. The van der Waals surface area contributed by atoms with Crippen LogP contribution in [-0.2, 0) is 9.59 Å². The Morgan fingerprint density at radius 1 is 1.07 bits per heavy atom. The molecule has 0 aromatic heterocycles. The zero-order valence-electron chi connectivity index (χ0n) is 17.2. The first-order chi connectivity index (χ1) is 13.5. The molecule has 4 nitrogen and oxygen atoms in total. The number of carboxylic acid groups (broad SMARTS) is 1. The number of carbonyl (C=O) groups is 2. The van der Waals surface area contributed by atoms with E-state index in [9.17, 15) is 14.7 Å². The molecule has 3 atom stereocenters. The third kappa shape index (κ3) is 7.05. The van der Waals surface area contributed by atoms with Crippen molar-refractivity contribution < 1.29 is 19.8 Å². The lowest BCUT2D eigenvalue weighted by molar-refractivity contribution is -0.137. The molecule has 2 N–H and O–H groups in total. The van der Waals surface area contributed by atoms with Crippen LogP contribution in [0.2, 0.25) is 0 Å². The maximum absolute atomic E-state index is 12.4. The number of hydrogen-bond donors (Lipinski definition) is 2. The van der Waals surface area contributed by atoms with Crippen LogP contribution in [0.5, 0.6) is 0 Å². The molecule has 0 heterocycles. The van der Waals surface area contributed by atoms with Crippen LogP contribution >= 0.6 is 0 Å². The highest BCUT2D eigenvalue weighted by molar-refractivity contribution is 5.84. The Morgan fingerprint density at radius 3 is 2.46 bits per heavy atom. The summed E-state index contributed by atoms with van der Waals surface area (Å²) in [5, 5.41) is 19.0. The number of carboxylic acids is 1. The van der Waals surface area contributed by atoms with Crippen molar-refractivity contribution in [3.8, 4) is 0 Å². The lowest BCUT2D eigenvalue weighted by Crippen LogP contribution is -2.13. The van der Waals surface area contributed by atoms with Crippen LogP contribution in [0.3, 0.4) is 0 Å². The first kappa shape index (κ1) is 22.6. The number of ketones is 1. The molecule has 0 aliphatic heterocycles. The second-order valence-electron chi connectivity index (χ2n) is 8.24. The molecule has 1 aromatic carbocycles. The normalized spacial score (nSPS) is 20.4. The van der Waals surface area contributed by atoms with Crippen LogP contribution in [0.4, 0.5) is 0 Å². The molecule has 1 aliphatic rings. The molecule has 0 saturated heterocycles. The average molecular weight is 389 g/mol. The minimum atomic E-state index is -0.732. The van der Waals surface area contributed by atoms with Gasteiger partial charge in [0.15, 0.2) is 0 Å². The summed E-state index contributed by atoms with van der Waals surface area (Å²) in [6, 6.07) is 8.25. The van der Waals surface area contributed by atoms with Crippen LogP contribution in [0, 0.1) is 5.92 Å². The van der Waals surface area contributed by atoms with Gasteiger partial charge in [0.1, 0.15) is 5.78 Å². The van der Waals surface area contributed by atoms with Crippen molar-refractivity contribution in [2.24, 2.45) is 5.92 Å². The van der Waals surface area contributed by atoms with Gasteiger partial charge >= 0.3 is 5.97 Å². The van der Waals surface area contributed by atoms with Crippen LogP contribution < -0.4 is 0 Å². The highest BCUT2D eigenvalue weighted by atomic mass is 16.4. The number of rotatable bonds is 13. The fraction of sp³-hybridized carbons (Fsp3) is 0.667. The molecule has 1 aromatic rings. The molecule has 1 fully saturated rings. The minimum absolute atomic E-state index is 0.0970. The van der Waals surface area contributed by atoms with Crippen molar-refractivity contribution in [2.45, 2.75) is 96.0 Å². The second kappa shape index (κ2) is 12.0. The molecule has 0 amide bonds. The van der Waals surface area contributed by atoms with Crippen molar-refractivity contribution in [1.29, 1.82) is 0 Å². The zero-order valence-corrected chi connectivity index (χ0v) is 17.2. The first-order valence-corrected chi connectivity index (χ1v) is 11.0. The molecule has 0 spiro atoms. The van der Waals surface area contributed by atoms with E-state index in [2.05, 4.69) is 19.1 Å². The number of aliphatic carboxylic acids is 1. The van der Waals surface area contributed by atoms with E-state index in [1.54, 1.807) is 0 Å². The molecule has 0 bridgehead atoms. The number of benzene rings is 1.